The number of nitrogens with zero attached hydrogens (tertiary/aromatic N) is 2. The fourth-order valence-electron chi connectivity index (χ4n) is 3.67. The number of carbonyl (C=O) groups is 4. The van der Waals surface area contributed by atoms with Crippen molar-refractivity contribution < 1.29 is 19.2 Å². The molecule has 1 aliphatic carbocycles. The molecule has 0 radical (unpaired) electrons. The molecule has 5 amide bonds. The van der Waals surface area contributed by atoms with Gasteiger partial charge in [0.15, 0.2) is 0 Å². The smallest absolute Gasteiger partial charge is 0.334 e. The van der Waals surface area contributed by atoms with Gasteiger partial charge in [-0.25, -0.2) is 9.69 Å². The van der Waals surface area contributed by atoms with Crippen LogP contribution < -0.4 is 5.32 Å². The molecule has 3 rings (SSSR count). The highest BCUT2D eigenvalue weighted by atomic mass is 35.5. The third-order valence-corrected chi connectivity index (χ3v) is 5.59. The number of hydrogen-bond donors (Lipinski definition) is 1. The van der Waals surface area contributed by atoms with E-state index in [2.05, 4.69) is 5.32 Å². The molecule has 2 atom stereocenters. The van der Waals surface area contributed by atoms with Crippen molar-refractivity contribution in [3.8, 4) is 0 Å². The maximum absolute atomic E-state index is 12.6. The summed E-state index contributed by atoms with van der Waals surface area (Å²) in [4.78, 5) is 51.2. The van der Waals surface area contributed by atoms with Gasteiger partial charge in [0.05, 0.1) is 0 Å². The molecular formula is C19H22ClN3O4. The summed E-state index contributed by atoms with van der Waals surface area (Å²) in [5.41, 5.74) is 0.723. The fraction of sp³-hybridized carbons (Fsp3) is 0.474. The number of amides is 5. The first-order valence-corrected chi connectivity index (χ1v) is 9.47. The quantitative estimate of drug-likeness (QED) is 0.616. The first kappa shape index (κ1) is 19.4. The van der Waals surface area contributed by atoms with E-state index in [1.54, 1.807) is 24.3 Å². The minimum absolute atomic E-state index is 0.147. The highest BCUT2D eigenvalue weighted by Crippen LogP contribution is 2.31. The molecule has 1 aromatic rings. The van der Waals surface area contributed by atoms with Crippen LogP contribution in [0, 0.1) is 5.92 Å². The fourth-order valence-corrected chi connectivity index (χ4v) is 3.87. The van der Waals surface area contributed by atoms with E-state index in [1.807, 2.05) is 6.92 Å². The summed E-state index contributed by atoms with van der Waals surface area (Å²) >= 11 is 6.04. The third kappa shape index (κ3) is 3.98. The van der Waals surface area contributed by atoms with Crippen molar-refractivity contribution in [3.05, 3.63) is 34.9 Å². The Morgan fingerprint density at radius 1 is 1.15 bits per heavy atom. The highest BCUT2D eigenvalue weighted by Gasteiger charge is 2.49. The molecule has 0 spiro atoms. The van der Waals surface area contributed by atoms with Gasteiger partial charge in [-0.1, -0.05) is 49.6 Å². The van der Waals surface area contributed by atoms with Gasteiger partial charge in [-0.05, 0) is 30.4 Å². The minimum atomic E-state index is -0.939. The summed E-state index contributed by atoms with van der Waals surface area (Å²) in [7, 11) is 0. The summed E-state index contributed by atoms with van der Waals surface area (Å²) in [5.74, 6) is -2.15. The van der Waals surface area contributed by atoms with Crippen molar-refractivity contribution in [1.82, 2.24) is 15.1 Å². The van der Waals surface area contributed by atoms with Crippen LogP contribution in [0.3, 0.4) is 0 Å². The Labute approximate surface area is 162 Å². The van der Waals surface area contributed by atoms with Gasteiger partial charge >= 0.3 is 17.8 Å². The van der Waals surface area contributed by atoms with Gasteiger partial charge in [-0.2, -0.15) is 0 Å². The molecule has 27 heavy (non-hydrogen) atoms. The normalized spacial score (nSPS) is 23.1. The lowest BCUT2D eigenvalue weighted by Crippen LogP contribution is -2.47. The van der Waals surface area contributed by atoms with Gasteiger partial charge in [0.2, 0.25) is 5.91 Å². The lowest BCUT2D eigenvalue weighted by Gasteiger charge is -2.34. The molecule has 1 heterocycles. The number of benzene rings is 1. The summed E-state index contributed by atoms with van der Waals surface area (Å²) in [6.07, 6.45) is 3.57. The van der Waals surface area contributed by atoms with E-state index in [-0.39, 0.29) is 18.5 Å². The van der Waals surface area contributed by atoms with Crippen LogP contribution in [0.4, 0.5) is 4.79 Å². The van der Waals surface area contributed by atoms with E-state index in [0.29, 0.717) is 11.4 Å². The van der Waals surface area contributed by atoms with Crippen molar-refractivity contribution >= 4 is 35.4 Å². The number of hydrogen-bond acceptors (Lipinski definition) is 4. The van der Waals surface area contributed by atoms with Crippen LogP contribution in [0.25, 0.3) is 0 Å². The largest absolute Gasteiger partial charge is 0.350 e. The number of urea groups is 1. The van der Waals surface area contributed by atoms with Crippen LogP contribution in [-0.2, 0) is 20.9 Å². The van der Waals surface area contributed by atoms with Crippen molar-refractivity contribution in [2.75, 3.05) is 6.54 Å². The topological polar surface area (TPSA) is 86.8 Å². The van der Waals surface area contributed by atoms with Gasteiger partial charge in [-0.3, -0.25) is 19.3 Å². The van der Waals surface area contributed by atoms with E-state index in [1.165, 1.54) is 0 Å². The predicted molar refractivity (Wildman–Crippen MR) is 98.7 cm³/mol. The van der Waals surface area contributed by atoms with Gasteiger partial charge in [-0.15, -0.1) is 0 Å². The lowest BCUT2D eigenvalue weighted by atomic mass is 9.85. The average Bonchev–Trinajstić information content (AvgIpc) is 2.85. The van der Waals surface area contributed by atoms with E-state index in [4.69, 9.17) is 11.6 Å². The molecular weight excluding hydrogens is 370 g/mol. The zero-order valence-corrected chi connectivity index (χ0v) is 15.9. The molecule has 144 valence electrons. The van der Waals surface area contributed by atoms with Gasteiger partial charge < -0.3 is 5.32 Å². The molecule has 2 aliphatic rings. The first-order chi connectivity index (χ1) is 12.9. The van der Waals surface area contributed by atoms with E-state index < -0.39 is 30.3 Å². The van der Waals surface area contributed by atoms with Crippen LogP contribution in [0.15, 0.2) is 24.3 Å². The molecule has 0 aromatic heterocycles. The van der Waals surface area contributed by atoms with Gasteiger partial charge in [0.1, 0.15) is 6.54 Å². The molecule has 1 aromatic carbocycles. The van der Waals surface area contributed by atoms with Gasteiger partial charge in [0, 0.05) is 17.6 Å². The number of halogens is 1. The summed E-state index contributed by atoms with van der Waals surface area (Å²) in [6, 6.07) is 6.07. The number of carbonyl (C=O) groups excluding carboxylic acids is 4. The summed E-state index contributed by atoms with van der Waals surface area (Å²) in [5, 5.41) is 3.14. The van der Waals surface area contributed by atoms with Crippen LogP contribution in [-0.4, -0.2) is 46.1 Å². The molecule has 1 saturated heterocycles. The first-order valence-electron chi connectivity index (χ1n) is 9.09. The maximum Gasteiger partial charge on any atom is 0.334 e. The molecule has 8 heteroatoms. The molecule has 0 bridgehead atoms. The summed E-state index contributed by atoms with van der Waals surface area (Å²) in [6.45, 7) is 1.67. The number of nitrogens with one attached hydrogen (secondary N) is 1. The van der Waals surface area contributed by atoms with Crippen molar-refractivity contribution in [2.24, 2.45) is 5.92 Å². The Kier molecular flexibility index (Phi) is 5.79. The van der Waals surface area contributed by atoms with E-state index in [0.717, 1.165) is 34.6 Å². The Morgan fingerprint density at radius 3 is 2.56 bits per heavy atom. The second-order valence-corrected chi connectivity index (χ2v) is 7.45. The Bertz CT molecular complexity index is 782. The van der Waals surface area contributed by atoms with E-state index >= 15 is 0 Å². The zero-order valence-electron chi connectivity index (χ0n) is 15.1. The Hall–Kier alpha value is -2.41. The summed E-state index contributed by atoms with van der Waals surface area (Å²) < 4.78 is 0. The van der Waals surface area contributed by atoms with Crippen molar-refractivity contribution in [3.63, 3.8) is 0 Å². The average molecular weight is 392 g/mol. The minimum Gasteiger partial charge on any atom is -0.350 e. The Balaban J connectivity index is 1.63. The number of imide groups is 2. The lowest BCUT2D eigenvalue weighted by molar-refractivity contribution is -0.145. The SMILES string of the molecule is C[C@H]1CCCC[C@@H]1N1C(=O)C(=O)N(CC(=O)NCc2ccccc2Cl)C1=O. The molecule has 0 unspecified atom stereocenters. The van der Waals surface area contributed by atoms with E-state index in [9.17, 15) is 19.2 Å². The van der Waals surface area contributed by atoms with Crippen LogP contribution in [0.2, 0.25) is 5.02 Å². The second kappa shape index (κ2) is 8.08. The second-order valence-electron chi connectivity index (χ2n) is 7.05. The molecule has 2 fully saturated rings. The number of rotatable bonds is 5. The Morgan fingerprint density at radius 2 is 1.85 bits per heavy atom. The predicted octanol–water partition coefficient (Wildman–Crippen LogP) is 2.33. The molecule has 1 N–H and O–H groups in total. The standard InChI is InChI=1S/C19H22ClN3O4/c1-12-6-2-5-9-15(12)23-18(26)17(25)22(19(23)27)11-16(24)21-10-13-7-3-4-8-14(13)20/h3-4,7-8,12,15H,2,5-6,9-11H2,1H3,(H,21,24)/t12-,15-/m0/s1. The van der Waals surface area contributed by atoms with Crippen molar-refractivity contribution in [2.45, 2.75) is 45.2 Å². The molecule has 1 aliphatic heterocycles. The van der Waals surface area contributed by atoms with Crippen LogP contribution in [0.1, 0.15) is 38.2 Å². The highest BCUT2D eigenvalue weighted by molar-refractivity contribution is 6.45. The molecule has 7 nitrogen and oxygen atoms in total. The zero-order chi connectivity index (χ0) is 19.6. The van der Waals surface area contributed by atoms with Crippen LogP contribution in [0.5, 0.6) is 0 Å². The third-order valence-electron chi connectivity index (χ3n) is 5.22. The monoisotopic (exact) mass is 391 g/mol. The maximum atomic E-state index is 12.6. The van der Waals surface area contributed by atoms with Crippen molar-refractivity contribution in [1.29, 1.82) is 0 Å². The molecule has 1 saturated carbocycles. The van der Waals surface area contributed by atoms with Crippen LogP contribution >= 0.6 is 11.6 Å². The van der Waals surface area contributed by atoms with Gasteiger partial charge in [0.25, 0.3) is 0 Å².